The van der Waals surface area contributed by atoms with Crippen molar-refractivity contribution in [2.75, 3.05) is 18.8 Å². The second-order valence-corrected chi connectivity index (χ2v) is 7.14. The molecule has 8 heteroatoms. The Morgan fingerprint density at radius 1 is 1.50 bits per heavy atom. The van der Waals surface area contributed by atoms with Crippen molar-refractivity contribution in [1.82, 2.24) is 10.2 Å². The van der Waals surface area contributed by atoms with Crippen LogP contribution in [0.25, 0.3) is 0 Å². The maximum atomic E-state index is 12.1. The van der Waals surface area contributed by atoms with E-state index in [-0.39, 0.29) is 11.7 Å². The van der Waals surface area contributed by atoms with Crippen LogP contribution in [-0.4, -0.2) is 49.4 Å². The second kappa shape index (κ2) is 5.02. The van der Waals surface area contributed by atoms with Gasteiger partial charge in [0.05, 0.1) is 11.3 Å². The minimum atomic E-state index is -3.37. The van der Waals surface area contributed by atoms with Gasteiger partial charge in [0, 0.05) is 24.8 Å². The smallest absolute Gasteiger partial charge is 0.256 e. The third-order valence-electron chi connectivity index (χ3n) is 3.05. The number of nitrogens with one attached hydrogen (secondary N) is 1. The first-order chi connectivity index (χ1) is 9.22. The quantitative estimate of drug-likeness (QED) is 0.719. The SMILES string of the molecule is CC(C)(CN)NC(=O)C1=CN2CCS(=O)(=O)N=C2C=C1. The van der Waals surface area contributed by atoms with Gasteiger partial charge >= 0.3 is 0 Å². The number of hydrogen-bond acceptors (Lipinski definition) is 5. The first-order valence-corrected chi connectivity index (χ1v) is 7.85. The monoisotopic (exact) mass is 298 g/mol. The van der Waals surface area contributed by atoms with Crippen LogP contribution in [-0.2, 0) is 14.8 Å². The number of fused-ring (bicyclic) bond motifs is 1. The summed E-state index contributed by atoms with van der Waals surface area (Å²) < 4.78 is 26.4. The third-order valence-corrected chi connectivity index (χ3v) is 4.21. The zero-order valence-corrected chi connectivity index (χ0v) is 12.3. The fourth-order valence-corrected chi connectivity index (χ4v) is 2.74. The van der Waals surface area contributed by atoms with E-state index in [1.807, 2.05) is 13.8 Å². The highest BCUT2D eigenvalue weighted by Crippen LogP contribution is 2.16. The summed E-state index contributed by atoms with van der Waals surface area (Å²) in [7, 11) is -3.37. The molecule has 2 rings (SSSR count). The van der Waals surface area contributed by atoms with E-state index in [9.17, 15) is 13.2 Å². The summed E-state index contributed by atoms with van der Waals surface area (Å²) in [6.07, 6.45) is 4.69. The van der Waals surface area contributed by atoms with Gasteiger partial charge in [0.2, 0.25) is 0 Å². The zero-order chi connectivity index (χ0) is 15.0. The lowest BCUT2D eigenvalue weighted by Gasteiger charge is -2.29. The molecule has 0 unspecified atom stereocenters. The highest BCUT2D eigenvalue weighted by atomic mass is 32.2. The lowest BCUT2D eigenvalue weighted by atomic mass is 10.0. The molecule has 0 saturated heterocycles. The summed E-state index contributed by atoms with van der Waals surface area (Å²) in [6.45, 7) is 4.28. The predicted octanol–water partition coefficient (Wildman–Crippen LogP) is -0.662. The molecule has 0 fully saturated rings. The van der Waals surface area contributed by atoms with Crippen molar-refractivity contribution in [3.63, 3.8) is 0 Å². The molecule has 0 aliphatic carbocycles. The number of carbonyl (C=O) groups is 1. The molecule has 110 valence electrons. The topological polar surface area (TPSA) is 105 Å². The van der Waals surface area contributed by atoms with Gasteiger partial charge in [0.25, 0.3) is 15.9 Å². The maximum absolute atomic E-state index is 12.1. The van der Waals surface area contributed by atoms with Crippen LogP contribution < -0.4 is 11.1 Å². The van der Waals surface area contributed by atoms with Crippen LogP contribution in [0.2, 0.25) is 0 Å². The molecule has 0 aromatic rings. The lowest BCUT2D eigenvalue weighted by Crippen LogP contribution is -2.49. The number of amidine groups is 1. The Labute approximate surface area is 118 Å². The molecule has 7 nitrogen and oxygen atoms in total. The molecule has 20 heavy (non-hydrogen) atoms. The zero-order valence-electron chi connectivity index (χ0n) is 11.5. The molecule has 0 saturated carbocycles. The van der Waals surface area contributed by atoms with Crippen molar-refractivity contribution >= 4 is 21.8 Å². The van der Waals surface area contributed by atoms with Crippen LogP contribution >= 0.6 is 0 Å². The van der Waals surface area contributed by atoms with Crippen molar-refractivity contribution in [3.05, 3.63) is 23.9 Å². The van der Waals surface area contributed by atoms with Gasteiger partial charge in [-0.3, -0.25) is 4.79 Å². The molecule has 0 atom stereocenters. The summed E-state index contributed by atoms with van der Waals surface area (Å²) >= 11 is 0. The number of sulfonamides is 1. The van der Waals surface area contributed by atoms with E-state index in [4.69, 9.17) is 5.73 Å². The van der Waals surface area contributed by atoms with Crippen molar-refractivity contribution in [3.8, 4) is 0 Å². The second-order valence-electron chi connectivity index (χ2n) is 5.39. The Morgan fingerprint density at radius 3 is 2.85 bits per heavy atom. The first kappa shape index (κ1) is 14.7. The Balaban J connectivity index is 2.17. The fourth-order valence-electron chi connectivity index (χ4n) is 1.77. The third kappa shape index (κ3) is 3.26. The van der Waals surface area contributed by atoms with Gasteiger partial charge in [-0.25, -0.2) is 8.42 Å². The minimum absolute atomic E-state index is 0.0516. The molecular weight excluding hydrogens is 280 g/mol. The first-order valence-electron chi connectivity index (χ1n) is 6.24. The van der Waals surface area contributed by atoms with Crippen molar-refractivity contribution in [1.29, 1.82) is 0 Å². The Morgan fingerprint density at radius 2 is 2.20 bits per heavy atom. The highest BCUT2D eigenvalue weighted by Gasteiger charge is 2.26. The lowest BCUT2D eigenvalue weighted by molar-refractivity contribution is -0.118. The molecule has 2 aliphatic heterocycles. The number of nitrogens with zero attached hydrogens (tertiary/aromatic N) is 2. The van der Waals surface area contributed by atoms with E-state index >= 15 is 0 Å². The van der Waals surface area contributed by atoms with Crippen LogP contribution in [0.1, 0.15) is 13.8 Å². The molecule has 0 aromatic heterocycles. The molecule has 3 N–H and O–H groups in total. The van der Waals surface area contributed by atoms with E-state index in [2.05, 4.69) is 9.71 Å². The number of amides is 1. The number of carbonyl (C=O) groups excluding carboxylic acids is 1. The van der Waals surface area contributed by atoms with Crippen LogP contribution in [0.3, 0.4) is 0 Å². The normalized spacial score (nSPS) is 20.9. The molecule has 1 amide bonds. The average Bonchev–Trinajstić information content (AvgIpc) is 2.36. The molecule has 0 aromatic carbocycles. The minimum Gasteiger partial charge on any atom is -0.346 e. The van der Waals surface area contributed by atoms with Crippen LogP contribution in [0, 0.1) is 0 Å². The summed E-state index contributed by atoms with van der Waals surface area (Å²) in [4.78, 5) is 13.8. The predicted molar refractivity (Wildman–Crippen MR) is 76.4 cm³/mol. The number of rotatable bonds is 3. The van der Waals surface area contributed by atoms with E-state index in [0.717, 1.165) is 0 Å². The highest BCUT2D eigenvalue weighted by molar-refractivity contribution is 7.90. The van der Waals surface area contributed by atoms with Gasteiger partial charge in [-0.2, -0.15) is 0 Å². The summed E-state index contributed by atoms with van der Waals surface area (Å²) in [6, 6.07) is 0. The molecular formula is C12H18N4O3S. The Kier molecular flexibility index (Phi) is 3.70. The summed E-state index contributed by atoms with van der Waals surface area (Å²) in [5, 5.41) is 2.82. The Bertz CT molecular complexity index is 617. The molecule has 0 radical (unpaired) electrons. The van der Waals surface area contributed by atoms with Gasteiger partial charge in [-0.05, 0) is 26.0 Å². The van der Waals surface area contributed by atoms with Gasteiger partial charge in [0.1, 0.15) is 5.84 Å². The van der Waals surface area contributed by atoms with E-state index in [1.54, 1.807) is 17.2 Å². The molecule has 0 spiro atoms. The number of nitrogens with two attached hydrogens (primary N) is 1. The van der Waals surface area contributed by atoms with E-state index in [1.165, 1.54) is 6.08 Å². The van der Waals surface area contributed by atoms with Crippen molar-refractivity contribution in [2.24, 2.45) is 10.1 Å². The Hall–Kier alpha value is -1.67. The van der Waals surface area contributed by atoms with E-state index in [0.29, 0.717) is 24.5 Å². The summed E-state index contributed by atoms with van der Waals surface area (Å²) in [5.74, 6) is 0.0411. The standard InChI is InChI=1S/C12H18N4O3S/c1-12(2,8-13)14-11(17)9-3-4-10-15-20(18,19)6-5-16(10)7-9/h3-4,7H,5-6,8,13H2,1-2H3,(H,14,17). The van der Waals surface area contributed by atoms with Gasteiger partial charge in [-0.1, -0.05) is 0 Å². The molecule has 2 aliphatic rings. The maximum Gasteiger partial charge on any atom is 0.256 e. The largest absolute Gasteiger partial charge is 0.346 e. The fraction of sp³-hybridized carbons (Fsp3) is 0.500. The van der Waals surface area contributed by atoms with Crippen molar-refractivity contribution in [2.45, 2.75) is 19.4 Å². The van der Waals surface area contributed by atoms with Gasteiger partial charge in [0.15, 0.2) is 0 Å². The van der Waals surface area contributed by atoms with Crippen LogP contribution in [0.5, 0.6) is 0 Å². The average molecular weight is 298 g/mol. The summed E-state index contributed by atoms with van der Waals surface area (Å²) in [5.41, 5.74) is 5.53. The van der Waals surface area contributed by atoms with Gasteiger partial charge < -0.3 is 16.0 Å². The van der Waals surface area contributed by atoms with Crippen LogP contribution in [0.15, 0.2) is 28.3 Å². The van der Waals surface area contributed by atoms with Gasteiger partial charge in [-0.15, -0.1) is 4.40 Å². The number of hydrogen-bond donors (Lipinski definition) is 2. The van der Waals surface area contributed by atoms with Crippen molar-refractivity contribution < 1.29 is 13.2 Å². The van der Waals surface area contributed by atoms with Crippen LogP contribution in [0.4, 0.5) is 0 Å². The molecule has 2 heterocycles. The van der Waals surface area contributed by atoms with E-state index < -0.39 is 15.6 Å². The molecule has 0 bridgehead atoms.